The van der Waals surface area contributed by atoms with Crippen LogP contribution in [0.3, 0.4) is 0 Å². The van der Waals surface area contributed by atoms with Gasteiger partial charge in [-0.2, -0.15) is 5.10 Å². The van der Waals surface area contributed by atoms with Crippen molar-refractivity contribution in [1.82, 2.24) is 9.78 Å². The summed E-state index contributed by atoms with van der Waals surface area (Å²) in [6.45, 7) is 3.96. The van der Waals surface area contributed by atoms with Crippen LogP contribution < -0.4 is 0 Å². The fourth-order valence-corrected chi connectivity index (χ4v) is 1.55. The third-order valence-electron chi connectivity index (χ3n) is 2.37. The maximum atomic E-state index is 13.7. The van der Waals surface area contributed by atoms with E-state index in [0.29, 0.717) is 0 Å². The summed E-state index contributed by atoms with van der Waals surface area (Å²) in [6, 6.07) is 7.03. The molecule has 0 radical (unpaired) electrons. The van der Waals surface area contributed by atoms with Gasteiger partial charge >= 0.3 is 0 Å². The van der Waals surface area contributed by atoms with Crippen molar-refractivity contribution in [1.29, 1.82) is 0 Å². The van der Waals surface area contributed by atoms with E-state index in [1.807, 2.05) is 32.0 Å². The minimum Gasteiger partial charge on any atom is -0.241 e. The van der Waals surface area contributed by atoms with Crippen LogP contribution in [0.15, 0.2) is 36.7 Å². The number of hydrogen-bond donors (Lipinski definition) is 0. The molecule has 0 saturated carbocycles. The SMILES string of the molecule is CC(C)c1ccc(-n2cccn2)cc1F. The average Bonchev–Trinajstić information content (AvgIpc) is 2.69. The monoisotopic (exact) mass is 204 g/mol. The highest BCUT2D eigenvalue weighted by atomic mass is 19.1. The number of aromatic nitrogens is 2. The summed E-state index contributed by atoms with van der Waals surface area (Å²) < 4.78 is 15.3. The Morgan fingerprint density at radius 2 is 2.13 bits per heavy atom. The lowest BCUT2D eigenvalue weighted by Crippen LogP contribution is -1.98. The fourth-order valence-electron chi connectivity index (χ4n) is 1.55. The molecule has 15 heavy (non-hydrogen) atoms. The maximum Gasteiger partial charge on any atom is 0.128 e. The van der Waals surface area contributed by atoms with Crippen molar-refractivity contribution in [3.63, 3.8) is 0 Å². The van der Waals surface area contributed by atoms with Gasteiger partial charge < -0.3 is 0 Å². The zero-order valence-electron chi connectivity index (χ0n) is 8.81. The van der Waals surface area contributed by atoms with E-state index in [1.54, 1.807) is 17.1 Å². The Morgan fingerprint density at radius 1 is 1.33 bits per heavy atom. The van der Waals surface area contributed by atoms with E-state index in [-0.39, 0.29) is 11.7 Å². The molecule has 78 valence electrons. The molecule has 1 aromatic carbocycles. The molecule has 0 aliphatic heterocycles. The van der Waals surface area contributed by atoms with Gasteiger partial charge in [-0.05, 0) is 29.7 Å². The smallest absolute Gasteiger partial charge is 0.128 e. The van der Waals surface area contributed by atoms with Crippen LogP contribution in [-0.4, -0.2) is 9.78 Å². The molecule has 0 N–H and O–H groups in total. The Kier molecular flexibility index (Phi) is 2.54. The molecule has 0 bridgehead atoms. The average molecular weight is 204 g/mol. The van der Waals surface area contributed by atoms with Crippen molar-refractivity contribution in [3.8, 4) is 5.69 Å². The standard InChI is InChI=1S/C12H13FN2/c1-9(2)11-5-4-10(8-12(11)13)15-7-3-6-14-15/h3-9H,1-2H3. The van der Waals surface area contributed by atoms with Crippen LogP contribution in [0.2, 0.25) is 0 Å². The summed E-state index contributed by atoms with van der Waals surface area (Å²) >= 11 is 0. The van der Waals surface area contributed by atoms with Crippen molar-refractivity contribution in [2.24, 2.45) is 0 Å². The Labute approximate surface area is 88.4 Å². The van der Waals surface area contributed by atoms with Crippen molar-refractivity contribution in [2.75, 3.05) is 0 Å². The van der Waals surface area contributed by atoms with Gasteiger partial charge in [0.15, 0.2) is 0 Å². The van der Waals surface area contributed by atoms with E-state index in [2.05, 4.69) is 5.10 Å². The third kappa shape index (κ3) is 1.91. The van der Waals surface area contributed by atoms with E-state index in [4.69, 9.17) is 0 Å². The van der Waals surface area contributed by atoms with Crippen molar-refractivity contribution in [3.05, 3.63) is 48.0 Å². The second kappa shape index (κ2) is 3.85. The topological polar surface area (TPSA) is 17.8 Å². The number of hydrogen-bond acceptors (Lipinski definition) is 1. The fraction of sp³-hybridized carbons (Fsp3) is 0.250. The molecule has 0 unspecified atom stereocenters. The third-order valence-corrected chi connectivity index (χ3v) is 2.37. The van der Waals surface area contributed by atoms with Crippen LogP contribution in [0, 0.1) is 5.82 Å². The molecule has 0 spiro atoms. The lowest BCUT2D eigenvalue weighted by Gasteiger charge is -2.08. The molecule has 0 amide bonds. The van der Waals surface area contributed by atoms with Gasteiger partial charge in [0, 0.05) is 12.4 Å². The summed E-state index contributed by atoms with van der Waals surface area (Å²) in [7, 11) is 0. The maximum absolute atomic E-state index is 13.7. The van der Waals surface area contributed by atoms with Gasteiger partial charge in [0.1, 0.15) is 5.82 Å². The molecule has 0 aliphatic carbocycles. The van der Waals surface area contributed by atoms with E-state index < -0.39 is 0 Å². The van der Waals surface area contributed by atoms with Crippen LogP contribution in [-0.2, 0) is 0 Å². The van der Waals surface area contributed by atoms with Crippen LogP contribution in [0.4, 0.5) is 4.39 Å². The first kappa shape index (κ1) is 9.90. The minimum atomic E-state index is -0.169. The predicted molar refractivity (Wildman–Crippen MR) is 57.6 cm³/mol. The Balaban J connectivity index is 2.42. The van der Waals surface area contributed by atoms with Crippen molar-refractivity contribution in [2.45, 2.75) is 19.8 Å². The summed E-state index contributed by atoms with van der Waals surface area (Å²) in [4.78, 5) is 0. The van der Waals surface area contributed by atoms with E-state index in [9.17, 15) is 4.39 Å². The second-order valence-corrected chi connectivity index (χ2v) is 3.81. The minimum absolute atomic E-state index is 0.169. The number of benzene rings is 1. The normalized spacial score (nSPS) is 10.9. The van der Waals surface area contributed by atoms with E-state index in [1.165, 1.54) is 6.07 Å². The molecule has 1 heterocycles. The summed E-state index contributed by atoms with van der Waals surface area (Å²) in [5.41, 5.74) is 1.49. The van der Waals surface area contributed by atoms with Gasteiger partial charge in [-0.1, -0.05) is 19.9 Å². The molecule has 1 aromatic heterocycles. The van der Waals surface area contributed by atoms with Crippen LogP contribution in [0.1, 0.15) is 25.3 Å². The Hall–Kier alpha value is -1.64. The van der Waals surface area contributed by atoms with Crippen molar-refractivity contribution < 1.29 is 4.39 Å². The lowest BCUT2D eigenvalue weighted by molar-refractivity contribution is 0.596. The first-order chi connectivity index (χ1) is 7.18. The van der Waals surface area contributed by atoms with Gasteiger partial charge in [0.05, 0.1) is 5.69 Å². The predicted octanol–water partition coefficient (Wildman–Crippen LogP) is 3.13. The van der Waals surface area contributed by atoms with Crippen LogP contribution >= 0.6 is 0 Å². The summed E-state index contributed by atoms with van der Waals surface area (Å²) in [5.74, 6) is 0.0367. The molecule has 0 aliphatic rings. The van der Waals surface area contributed by atoms with E-state index in [0.717, 1.165) is 11.3 Å². The highest BCUT2D eigenvalue weighted by Gasteiger charge is 2.07. The quantitative estimate of drug-likeness (QED) is 0.734. The number of nitrogens with zero attached hydrogens (tertiary/aromatic N) is 2. The highest BCUT2D eigenvalue weighted by Crippen LogP contribution is 2.20. The first-order valence-corrected chi connectivity index (χ1v) is 4.98. The Morgan fingerprint density at radius 3 is 2.67 bits per heavy atom. The zero-order valence-corrected chi connectivity index (χ0v) is 8.81. The van der Waals surface area contributed by atoms with Gasteiger partial charge in [-0.15, -0.1) is 0 Å². The number of rotatable bonds is 2. The second-order valence-electron chi connectivity index (χ2n) is 3.81. The number of halogens is 1. The molecule has 3 heteroatoms. The zero-order chi connectivity index (χ0) is 10.8. The highest BCUT2D eigenvalue weighted by molar-refractivity contribution is 5.36. The molecule has 0 atom stereocenters. The molecule has 2 aromatic rings. The van der Waals surface area contributed by atoms with Gasteiger partial charge in [-0.3, -0.25) is 0 Å². The summed E-state index contributed by atoms with van der Waals surface area (Å²) in [6.07, 6.45) is 3.47. The Bertz CT molecular complexity index is 447. The van der Waals surface area contributed by atoms with Gasteiger partial charge in [-0.25, -0.2) is 9.07 Å². The van der Waals surface area contributed by atoms with Crippen LogP contribution in [0.5, 0.6) is 0 Å². The molecule has 0 fully saturated rings. The molecule has 2 nitrogen and oxygen atoms in total. The molecular formula is C12H13FN2. The summed E-state index contributed by atoms with van der Waals surface area (Å²) in [5, 5.41) is 4.05. The van der Waals surface area contributed by atoms with Gasteiger partial charge in [0.2, 0.25) is 0 Å². The first-order valence-electron chi connectivity index (χ1n) is 4.98. The molecule has 0 saturated heterocycles. The van der Waals surface area contributed by atoms with E-state index >= 15 is 0 Å². The molecular weight excluding hydrogens is 191 g/mol. The lowest BCUT2D eigenvalue weighted by atomic mass is 10.0. The van der Waals surface area contributed by atoms with Gasteiger partial charge in [0.25, 0.3) is 0 Å². The molecule has 2 rings (SSSR count). The largest absolute Gasteiger partial charge is 0.241 e. The van der Waals surface area contributed by atoms with Crippen LogP contribution in [0.25, 0.3) is 5.69 Å². The van der Waals surface area contributed by atoms with Crippen molar-refractivity contribution >= 4 is 0 Å².